The van der Waals surface area contributed by atoms with Crippen LogP contribution in [0.15, 0.2) is 53.0 Å². The van der Waals surface area contributed by atoms with Crippen LogP contribution in [0.3, 0.4) is 0 Å². The molecule has 0 bridgehead atoms. The minimum atomic E-state index is -3.23. The van der Waals surface area contributed by atoms with Crippen molar-refractivity contribution in [2.24, 2.45) is 5.92 Å². The maximum Gasteiger partial charge on any atom is 0.152 e. The molecule has 1 heterocycles. The van der Waals surface area contributed by atoms with Crippen LogP contribution in [0.25, 0.3) is 0 Å². The molecule has 6 heteroatoms. The molecule has 4 rings (SSSR count). The van der Waals surface area contributed by atoms with Crippen molar-refractivity contribution in [2.45, 2.75) is 63.1 Å². The van der Waals surface area contributed by atoms with Gasteiger partial charge in [0.15, 0.2) is 9.84 Å². The number of aliphatic hydroxyl groups is 1. The topological polar surface area (TPSA) is 66.4 Å². The molecule has 3 atom stereocenters. The number of sulfone groups is 1. The van der Waals surface area contributed by atoms with E-state index < -0.39 is 22.0 Å². The highest BCUT2D eigenvalue weighted by Gasteiger charge is 2.49. The number of hydrogen-bond donors (Lipinski definition) is 2. The van der Waals surface area contributed by atoms with E-state index in [0.717, 1.165) is 22.9 Å². The minimum Gasteiger partial charge on any atom is -0.391 e. The van der Waals surface area contributed by atoms with Gasteiger partial charge in [-0.05, 0) is 53.5 Å². The summed E-state index contributed by atoms with van der Waals surface area (Å²) in [5, 5.41) is 14.8. The zero-order valence-corrected chi connectivity index (χ0v) is 20.8. The van der Waals surface area contributed by atoms with Crippen LogP contribution >= 0.6 is 15.9 Å². The first-order valence-electron chi connectivity index (χ1n) is 11.0. The lowest BCUT2D eigenvalue weighted by molar-refractivity contribution is 0.0720. The highest BCUT2D eigenvalue weighted by molar-refractivity contribution is 9.10. The summed E-state index contributed by atoms with van der Waals surface area (Å²) in [6.45, 7) is 6.59. The highest BCUT2D eigenvalue weighted by atomic mass is 79.9. The molecule has 1 saturated carbocycles. The summed E-state index contributed by atoms with van der Waals surface area (Å²) >= 11 is 3.43. The molecule has 2 fully saturated rings. The number of hydrogen-bond acceptors (Lipinski definition) is 4. The lowest BCUT2D eigenvalue weighted by atomic mass is 9.85. The van der Waals surface area contributed by atoms with Gasteiger partial charge >= 0.3 is 0 Å². The Bertz CT molecular complexity index is 1040. The normalized spacial score (nSPS) is 27.1. The second-order valence-electron chi connectivity index (χ2n) is 10.3. The zero-order chi connectivity index (χ0) is 22.4. The summed E-state index contributed by atoms with van der Waals surface area (Å²) in [6.07, 6.45) is 1.77. The van der Waals surface area contributed by atoms with Crippen molar-refractivity contribution in [3.8, 4) is 0 Å². The molecule has 1 aliphatic heterocycles. The molecule has 2 aliphatic rings. The largest absolute Gasteiger partial charge is 0.391 e. The SMILES string of the molecule is CC(C)(C)c1cccc(C2(N[C@H]3CS(=O)(=O)C[C@@H](Cc4ccc(Br)cc4)[C@H]3O)CC2)c1. The Morgan fingerprint density at radius 3 is 2.39 bits per heavy atom. The Labute approximate surface area is 194 Å². The summed E-state index contributed by atoms with van der Waals surface area (Å²) in [5.41, 5.74) is 3.32. The van der Waals surface area contributed by atoms with Gasteiger partial charge in [-0.15, -0.1) is 0 Å². The van der Waals surface area contributed by atoms with Gasteiger partial charge < -0.3 is 10.4 Å². The summed E-state index contributed by atoms with van der Waals surface area (Å²) in [7, 11) is -3.23. The van der Waals surface area contributed by atoms with Crippen molar-refractivity contribution >= 4 is 25.8 Å². The summed E-state index contributed by atoms with van der Waals surface area (Å²) < 4.78 is 26.4. The van der Waals surface area contributed by atoms with E-state index in [9.17, 15) is 13.5 Å². The number of rotatable bonds is 5. The van der Waals surface area contributed by atoms with Gasteiger partial charge in [-0.2, -0.15) is 0 Å². The molecule has 168 valence electrons. The molecule has 0 spiro atoms. The molecule has 4 nitrogen and oxygen atoms in total. The van der Waals surface area contributed by atoms with E-state index in [0.29, 0.717) is 6.42 Å². The number of halogens is 1. The van der Waals surface area contributed by atoms with Crippen molar-refractivity contribution in [2.75, 3.05) is 11.5 Å². The molecule has 1 aliphatic carbocycles. The molecule has 0 unspecified atom stereocenters. The van der Waals surface area contributed by atoms with Crippen LogP contribution in [0.2, 0.25) is 0 Å². The van der Waals surface area contributed by atoms with E-state index >= 15 is 0 Å². The number of aliphatic hydroxyl groups excluding tert-OH is 1. The third-order valence-electron chi connectivity index (χ3n) is 6.70. The monoisotopic (exact) mass is 505 g/mol. The predicted octanol–water partition coefficient (Wildman–Crippen LogP) is 4.34. The van der Waals surface area contributed by atoms with Crippen LogP contribution in [-0.4, -0.2) is 37.2 Å². The third kappa shape index (κ3) is 5.24. The second-order valence-corrected chi connectivity index (χ2v) is 13.4. The maximum atomic E-state index is 12.7. The van der Waals surface area contributed by atoms with Gasteiger partial charge in [0.25, 0.3) is 0 Å². The first-order chi connectivity index (χ1) is 14.5. The molecular formula is C25H32BrNO3S. The van der Waals surface area contributed by atoms with Gasteiger partial charge in [0.2, 0.25) is 0 Å². The molecule has 2 aromatic carbocycles. The standard InChI is InChI=1S/C25H32BrNO3S/c1-24(2,3)19-5-4-6-20(14-19)25(11-12-25)27-22-16-31(29,30)15-18(23(22)28)13-17-7-9-21(26)10-8-17/h4-10,14,18,22-23,27-28H,11-13,15-16H2,1-3H3/t18-,22+,23-/m1/s1. The van der Waals surface area contributed by atoms with E-state index in [1.165, 1.54) is 11.1 Å². The molecule has 0 radical (unpaired) electrons. The van der Waals surface area contributed by atoms with E-state index in [-0.39, 0.29) is 28.4 Å². The van der Waals surface area contributed by atoms with E-state index in [1.807, 2.05) is 24.3 Å². The lowest BCUT2D eigenvalue weighted by Gasteiger charge is -2.38. The fraction of sp³-hybridized carbons (Fsp3) is 0.520. The van der Waals surface area contributed by atoms with Gasteiger partial charge in [0.05, 0.1) is 17.6 Å². The first-order valence-corrected chi connectivity index (χ1v) is 13.6. The van der Waals surface area contributed by atoms with Crippen molar-refractivity contribution in [1.82, 2.24) is 5.32 Å². The molecule has 31 heavy (non-hydrogen) atoms. The Kier molecular flexibility index (Phi) is 6.14. The van der Waals surface area contributed by atoms with Crippen LogP contribution in [0.1, 0.15) is 50.3 Å². The van der Waals surface area contributed by atoms with Gasteiger partial charge in [0.1, 0.15) is 0 Å². The zero-order valence-electron chi connectivity index (χ0n) is 18.4. The molecule has 2 N–H and O–H groups in total. The van der Waals surface area contributed by atoms with Crippen molar-refractivity contribution in [3.63, 3.8) is 0 Å². The Balaban J connectivity index is 1.55. The quantitative estimate of drug-likeness (QED) is 0.633. The summed E-state index contributed by atoms with van der Waals surface area (Å²) in [5.74, 6) is -0.283. The molecule has 2 aromatic rings. The molecular weight excluding hydrogens is 474 g/mol. The third-order valence-corrected chi connectivity index (χ3v) is 9.03. The van der Waals surface area contributed by atoms with E-state index in [1.54, 1.807) is 0 Å². The van der Waals surface area contributed by atoms with Gasteiger partial charge in [-0.3, -0.25) is 0 Å². The van der Waals surface area contributed by atoms with E-state index in [4.69, 9.17) is 0 Å². The smallest absolute Gasteiger partial charge is 0.152 e. The Morgan fingerprint density at radius 2 is 1.77 bits per heavy atom. The van der Waals surface area contributed by atoms with Crippen LogP contribution in [-0.2, 0) is 27.2 Å². The highest BCUT2D eigenvalue weighted by Crippen LogP contribution is 2.47. The van der Waals surface area contributed by atoms with Gasteiger partial charge in [-0.25, -0.2) is 8.42 Å². The number of nitrogens with one attached hydrogen (secondary N) is 1. The average molecular weight is 507 g/mol. The first kappa shape index (κ1) is 23.0. The minimum absolute atomic E-state index is 0.00822. The second kappa shape index (κ2) is 8.29. The predicted molar refractivity (Wildman–Crippen MR) is 129 cm³/mol. The summed E-state index contributed by atoms with van der Waals surface area (Å²) in [4.78, 5) is 0. The summed E-state index contributed by atoms with van der Waals surface area (Å²) in [6, 6.07) is 16.0. The van der Waals surface area contributed by atoms with Crippen molar-refractivity contribution in [1.29, 1.82) is 0 Å². The Hall–Kier alpha value is -1.21. The van der Waals surface area contributed by atoms with Crippen molar-refractivity contribution < 1.29 is 13.5 Å². The molecule has 0 aromatic heterocycles. The Morgan fingerprint density at radius 1 is 1.10 bits per heavy atom. The van der Waals surface area contributed by atoms with Crippen LogP contribution < -0.4 is 5.32 Å². The van der Waals surface area contributed by atoms with Crippen LogP contribution in [0.4, 0.5) is 0 Å². The van der Waals surface area contributed by atoms with Crippen LogP contribution in [0.5, 0.6) is 0 Å². The van der Waals surface area contributed by atoms with E-state index in [2.05, 4.69) is 66.3 Å². The van der Waals surface area contributed by atoms with Crippen LogP contribution in [0, 0.1) is 5.92 Å². The number of benzene rings is 2. The van der Waals surface area contributed by atoms with Gasteiger partial charge in [-0.1, -0.05) is 73.1 Å². The fourth-order valence-corrected chi connectivity index (χ4v) is 6.90. The maximum absolute atomic E-state index is 12.7. The van der Waals surface area contributed by atoms with Crippen molar-refractivity contribution in [3.05, 3.63) is 69.7 Å². The lowest BCUT2D eigenvalue weighted by Crippen LogP contribution is -2.57. The molecule has 0 amide bonds. The molecule has 1 saturated heterocycles. The average Bonchev–Trinajstić information content (AvgIpc) is 3.47. The van der Waals surface area contributed by atoms with Gasteiger partial charge in [0, 0.05) is 22.0 Å². The fourth-order valence-electron chi connectivity index (χ4n) is 4.70.